The van der Waals surface area contributed by atoms with Gasteiger partial charge in [0.1, 0.15) is 6.04 Å². The third-order valence-electron chi connectivity index (χ3n) is 3.69. The van der Waals surface area contributed by atoms with E-state index in [0.717, 1.165) is 18.4 Å². The van der Waals surface area contributed by atoms with Gasteiger partial charge in [0, 0.05) is 23.9 Å². The number of nitrogens with one attached hydrogen (secondary N) is 2. The van der Waals surface area contributed by atoms with Crippen molar-refractivity contribution in [3.05, 3.63) is 70.3 Å². The standard InChI is InChI=1S/C17H17N3O3/c21-17(19-13-9-10-13)16(12-5-2-1-3-6-12)18-14-7-4-8-15(11-14)20(22)23/h1-8,11,13,16,18H,9-10H2,(H,19,21)/t16-/m0/s1. The van der Waals surface area contributed by atoms with Crippen LogP contribution in [0.25, 0.3) is 0 Å². The zero-order valence-electron chi connectivity index (χ0n) is 12.4. The molecule has 0 heterocycles. The molecule has 6 nitrogen and oxygen atoms in total. The van der Waals surface area contributed by atoms with E-state index in [1.165, 1.54) is 12.1 Å². The first-order chi connectivity index (χ1) is 11.1. The van der Waals surface area contributed by atoms with Crippen LogP contribution in [0.3, 0.4) is 0 Å². The van der Waals surface area contributed by atoms with Gasteiger partial charge in [0.2, 0.25) is 5.91 Å². The summed E-state index contributed by atoms with van der Waals surface area (Å²) in [4.78, 5) is 23.0. The van der Waals surface area contributed by atoms with Crippen molar-refractivity contribution >= 4 is 17.3 Å². The van der Waals surface area contributed by atoms with Crippen molar-refractivity contribution in [1.82, 2.24) is 5.32 Å². The number of anilines is 1. The molecule has 2 aromatic carbocycles. The molecule has 0 unspecified atom stereocenters. The Bertz CT molecular complexity index is 714. The quantitative estimate of drug-likeness (QED) is 0.634. The van der Waals surface area contributed by atoms with Gasteiger partial charge in [-0.25, -0.2) is 0 Å². The summed E-state index contributed by atoms with van der Waals surface area (Å²) >= 11 is 0. The third kappa shape index (κ3) is 3.85. The molecule has 0 aliphatic heterocycles. The van der Waals surface area contributed by atoms with Crippen LogP contribution in [0, 0.1) is 10.1 Å². The number of amides is 1. The zero-order valence-corrected chi connectivity index (χ0v) is 12.4. The highest BCUT2D eigenvalue weighted by Gasteiger charge is 2.28. The van der Waals surface area contributed by atoms with Crippen LogP contribution in [0.4, 0.5) is 11.4 Å². The van der Waals surface area contributed by atoms with Crippen molar-refractivity contribution in [2.75, 3.05) is 5.32 Å². The van der Waals surface area contributed by atoms with Crippen LogP contribution >= 0.6 is 0 Å². The maximum atomic E-state index is 12.5. The average Bonchev–Trinajstić information content (AvgIpc) is 3.37. The number of nitro benzene ring substituents is 1. The van der Waals surface area contributed by atoms with Crippen LogP contribution in [0.2, 0.25) is 0 Å². The fraction of sp³-hybridized carbons (Fsp3) is 0.235. The van der Waals surface area contributed by atoms with Crippen molar-refractivity contribution < 1.29 is 9.72 Å². The Morgan fingerprint density at radius 1 is 1.13 bits per heavy atom. The first kappa shape index (κ1) is 15.0. The van der Waals surface area contributed by atoms with Crippen LogP contribution in [0.1, 0.15) is 24.4 Å². The molecule has 1 aliphatic carbocycles. The van der Waals surface area contributed by atoms with Crippen molar-refractivity contribution in [1.29, 1.82) is 0 Å². The van der Waals surface area contributed by atoms with E-state index in [9.17, 15) is 14.9 Å². The summed E-state index contributed by atoms with van der Waals surface area (Å²) in [5, 5.41) is 17.0. The lowest BCUT2D eigenvalue weighted by atomic mass is 10.1. The molecule has 0 saturated heterocycles. The summed E-state index contributed by atoms with van der Waals surface area (Å²) in [6.07, 6.45) is 2.01. The van der Waals surface area contributed by atoms with Crippen LogP contribution < -0.4 is 10.6 Å². The molecule has 2 aromatic rings. The molecule has 0 spiro atoms. The normalized spacial score (nSPS) is 14.8. The van der Waals surface area contributed by atoms with Gasteiger partial charge in [-0.05, 0) is 24.5 Å². The van der Waals surface area contributed by atoms with E-state index in [-0.39, 0.29) is 17.6 Å². The van der Waals surface area contributed by atoms with Crippen LogP contribution in [0.5, 0.6) is 0 Å². The molecular formula is C17H17N3O3. The maximum absolute atomic E-state index is 12.5. The highest BCUT2D eigenvalue weighted by molar-refractivity contribution is 5.86. The first-order valence-electron chi connectivity index (χ1n) is 7.50. The fourth-order valence-electron chi connectivity index (χ4n) is 2.33. The number of non-ortho nitro benzene ring substituents is 1. The predicted molar refractivity (Wildman–Crippen MR) is 87.1 cm³/mol. The van der Waals surface area contributed by atoms with Gasteiger partial charge < -0.3 is 10.6 Å². The number of nitrogens with zero attached hydrogens (tertiary/aromatic N) is 1. The van der Waals surface area contributed by atoms with Crippen molar-refractivity contribution in [3.63, 3.8) is 0 Å². The molecule has 0 bridgehead atoms. The number of benzene rings is 2. The molecule has 1 atom stereocenters. The largest absolute Gasteiger partial charge is 0.370 e. The van der Waals surface area contributed by atoms with Gasteiger partial charge in [-0.2, -0.15) is 0 Å². The lowest BCUT2D eigenvalue weighted by molar-refractivity contribution is -0.384. The van der Waals surface area contributed by atoms with Crippen molar-refractivity contribution in [3.8, 4) is 0 Å². The molecule has 1 aliphatic rings. The van der Waals surface area contributed by atoms with Gasteiger partial charge in [-0.3, -0.25) is 14.9 Å². The number of carbonyl (C=O) groups is 1. The van der Waals surface area contributed by atoms with Crippen molar-refractivity contribution in [2.45, 2.75) is 24.9 Å². The van der Waals surface area contributed by atoms with Gasteiger partial charge in [0.05, 0.1) is 4.92 Å². The first-order valence-corrected chi connectivity index (χ1v) is 7.50. The van der Waals surface area contributed by atoms with E-state index < -0.39 is 11.0 Å². The maximum Gasteiger partial charge on any atom is 0.271 e. The summed E-state index contributed by atoms with van der Waals surface area (Å²) < 4.78 is 0. The second-order valence-corrected chi connectivity index (χ2v) is 5.58. The molecule has 0 radical (unpaired) electrons. The number of carbonyl (C=O) groups excluding carboxylic acids is 1. The Morgan fingerprint density at radius 3 is 2.52 bits per heavy atom. The summed E-state index contributed by atoms with van der Waals surface area (Å²) in [5.74, 6) is -0.120. The Hall–Kier alpha value is -2.89. The third-order valence-corrected chi connectivity index (χ3v) is 3.69. The number of nitro groups is 1. The Kier molecular flexibility index (Phi) is 4.23. The van der Waals surface area contributed by atoms with Gasteiger partial charge >= 0.3 is 0 Å². The average molecular weight is 311 g/mol. The van der Waals surface area contributed by atoms with Crippen LogP contribution in [-0.2, 0) is 4.79 Å². The summed E-state index contributed by atoms with van der Waals surface area (Å²) in [6.45, 7) is 0. The molecule has 6 heteroatoms. The van der Waals surface area contributed by atoms with Gasteiger partial charge in [-0.1, -0.05) is 36.4 Å². The van der Waals surface area contributed by atoms with Gasteiger partial charge in [0.15, 0.2) is 0 Å². The molecule has 1 amide bonds. The SMILES string of the molecule is O=C(NC1CC1)[C@@H](Nc1cccc([N+](=O)[O-])c1)c1ccccc1. The van der Waals surface area contributed by atoms with E-state index in [1.54, 1.807) is 12.1 Å². The minimum atomic E-state index is -0.584. The summed E-state index contributed by atoms with van der Waals surface area (Å²) in [5.41, 5.74) is 1.35. The molecule has 23 heavy (non-hydrogen) atoms. The number of rotatable bonds is 6. The second-order valence-electron chi connectivity index (χ2n) is 5.58. The monoisotopic (exact) mass is 311 g/mol. The fourth-order valence-corrected chi connectivity index (χ4v) is 2.33. The molecule has 2 N–H and O–H groups in total. The van der Waals surface area contributed by atoms with Gasteiger partial charge in [-0.15, -0.1) is 0 Å². The minimum Gasteiger partial charge on any atom is -0.370 e. The zero-order chi connectivity index (χ0) is 16.2. The minimum absolute atomic E-state index is 0.00980. The number of hydrogen-bond acceptors (Lipinski definition) is 4. The van der Waals surface area contributed by atoms with E-state index >= 15 is 0 Å². The predicted octanol–water partition coefficient (Wildman–Crippen LogP) is 3.03. The lowest BCUT2D eigenvalue weighted by Gasteiger charge is -2.20. The Labute approximate surface area is 133 Å². The molecule has 3 rings (SSSR count). The molecule has 118 valence electrons. The smallest absolute Gasteiger partial charge is 0.271 e. The highest BCUT2D eigenvalue weighted by Crippen LogP contribution is 2.25. The summed E-state index contributed by atoms with van der Waals surface area (Å²) in [7, 11) is 0. The van der Waals surface area contributed by atoms with E-state index in [0.29, 0.717) is 5.69 Å². The van der Waals surface area contributed by atoms with Crippen molar-refractivity contribution in [2.24, 2.45) is 0 Å². The molecule has 0 aromatic heterocycles. The molecular weight excluding hydrogens is 294 g/mol. The number of hydrogen-bond donors (Lipinski definition) is 2. The van der Waals surface area contributed by atoms with E-state index in [4.69, 9.17) is 0 Å². The topological polar surface area (TPSA) is 84.3 Å². The van der Waals surface area contributed by atoms with Gasteiger partial charge in [0.25, 0.3) is 5.69 Å². The molecule has 1 saturated carbocycles. The van der Waals surface area contributed by atoms with Crippen LogP contribution in [0.15, 0.2) is 54.6 Å². The second kappa shape index (κ2) is 6.48. The van der Waals surface area contributed by atoms with Crippen LogP contribution in [-0.4, -0.2) is 16.9 Å². The van der Waals surface area contributed by atoms with E-state index in [1.807, 2.05) is 30.3 Å². The lowest BCUT2D eigenvalue weighted by Crippen LogP contribution is -2.34. The Balaban J connectivity index is 1.84. The van der Waals surface area contributed by atoms with E-state index in [2.05, 4.69) is 10.6 Å². The molecule has 1 fully saturated rings. The summed E-state index contributed by atoms with van der Waals surface area (Å²) in [6, 6.07) is 15.2. The Morgan fingerprint density at radius 2 is 1.87 bits per heavy atom. The highest BCUT2D eigenvalue weighted by atomic mass is 16.6.